The van der Waals surface area contributed by atoms with Crippen molar-refractivity contribution in [3.05, 3.63) is 0 Å². The van der Waals surface area contributed by atoms with E-state index in [1.807, 2.05) is 0 Å². The van der Waals surface area contributed by atoms with Crippen molar-refractivity contribution in [2.45, 2.75) is 18.5 Å². The Morgan fingerprint density at radius 2 is 2.00 bits per heavy atom. The lowest BCUT2D eigenvalue weighted by Gasteiger charge is -2.09. The largest absolute Gasteiger partial charge is 0.480 e. The van der Waals surface area contributed by atoms with E-state index in [2.05, 4.69) is 4.74 Å². The first kappa shape index (κ1) is 14.2. The number of esters is 1. The molecule has 0 aromatic rings. The number of rotatable bonds is 7. The minimum absolute atomic E-state index is 0.355. The van der Waals surface area contributed by atoms with Gasteiger partial charge in [-0.05, 0) is 12.2 Å². The summed E-state index contributed by atoms with van der Waals surface area (Å²) >= 11 is 1.38. The molecule has 7 heteroatoms. The summed E-state index contributed by atoms with van der Waals surface area (Å²) in [6, 6.07) is -1.52. The molecule has 0 amide bonds. The number of thioether (sulfide) groups is 1. The van der Waals surface area contributed by atoms with E-state index in [-0.39, 0.29) is 0 Å². The van der Waals surface area contributed by atoms with E-state index in [9.17, 15) is 9.59 Å². The van der Waals surface area contributed by atoms with E-state index >= 15 is 0 Å². The Kier molecular flexibility index (Phi) is 7.10. The van der Waals surface area contributed by atoms with Crippen molar-refractivity contribution in [3.63, 3.8) is 0 Å². The molecule has 5 N–H and O–H groups in total. The number of ether oxygens (including phenoxy) is 1. The number of carbonyl (C=O) groups excluding carboxylic acids is 1. The maximum Gasteiger partial charge on any atom is 0.323 e. The molecule has 0 spiro atoms. The molecule has 0 radical (unpaired) electrons. The summed E-state index contributed by atoms with van der Waals surface area (Å²) in [5, 5.41) is 8.48. The van der Waals surface area contributed by atoms with Gasteiger partial charge in [0, 0.05) is 5.75 Å². The van der Waals surface area contributed by atoms with Gasteiger partial charge in [-0.2, -0.15) is 11.8 Å². The molecule has 15 heavy (non-hydrogen) atoms. The smallest absolute Gasteiger partial charge is 0.323 e. The van der Waals surface area contributed by atoms with Crippen LogP contribution in [0.2, 0.25) is 0 Å². The van der Waals surface area contributed by atoms with E-state index in [0.717, 1.165) is 0 Å². The third-order valence-electron chi connectivity index (χ3n) is 1.69. The van der Waals surface area contributed by atoms with Crippen molar-refractivity contribution in [2.24, 2.45) is 11.5 Å². The summed E-state index contributed by atoms with van der Waals surface area (Å²) < 4.78 is 4.43. The van der Waals surface area contributed by atoms with Gasteiger partial charge in [0.2, 0.25) is 0 Å². The summed E-state index contributed by atoms with van der Waals surface area (Å²) in [6.07, 6.45) is 0.355. The normalized spacial score (nSPS) is 14.3. The minimum Gasteiger partial charge on any atom is -0.480 e. The quantitative estimate of drug-likeness (QED) is 0.384. The predicted molar refractivity (Wildman–Crippen MR) is 57.5 cm³/mol. The number of carboxylic acid groups (broad SMARTS) is 1. The van der Waals surface area contributed by atoms with Gasteiger partial charge >= 0.3 is 11.9 Å². The van der Waals surface area contributed by atoms with E-state index < -0.39 is 24.0 Å². The van der Waals surface area contributed by atoms with Crippen LogP contribution in [0.3, 0.4) is 0 Å². The van der Waals surface area contributed by atoms with Crippen LogP contribution in [0.1, 0.15) is 6.42 Å². The number of carbonyl (C=O) groups is 2. The van der Waals surface area contributed by atoms with Crippen LogP contribution in [-0.2, 0) is 14.3 Å². The van der Waals surface area contributed by atoms with Gasteiger partial charge < -0.3 is 21.3 Å². The van der Waals surface area contributed by atoms with Crippen LogP contribution >= 0.6 is 11.8 Å². The molecule has 0 rings (SSSR count). The Labute approximate surface area is 92.3 Å². The van der Waals surface area contributed by atoms with Gasteiger partial charge in [-0.1, -0.05) is 0 Å². The lowest BCUT2D eigenvalue weighted by molar-refractivity contribution is -0.141. The van der Waals surface area contributed by atoms with E-state index in [4.69, 9.17) is 16.6 Å². The lowest BCUT2D eigenvalue weighted by atomic mass is 10.2. The highest BCUT2D eigenvalue weighted by Gasteiger charge is 2.14. The van der Waals surface area contributed by atoms with Gasteiger partial charge in [-0.3, -0.25) is 9.59 Å². The molecule has 0 saturated heterocycles. The zero-order valence-electron chi connectivity index (χ0n) is 8.51. The third-order valence-corrected chi connectivity index (χ3v) is 2.81. The van der Waals surface area contributed by atoms with Crippen molar-refractivity contribution in [2.75, 3.05) is 18.6 Å². The van der Waals surface area contributed by atoms with Crippen LogP contribution in [0.4, 0.5) is 0 Å². The van der Waals surface area contributed by atoms with Gasteiger partial charge in [0.05, 0.1) is 7.11 Å². The SMILES string of the molecule is COC(=O)[C@@H](N)CSCC[C@H](N)C(=O)O. The van der Waals surface area contributed by atoms with Gasteiger partial charge in [0.25, 0.3) is 0 Å². The van der Waals surface area contributed by atoms with Gasteiger partial charge in [0.1, 0.15) is 12.1 Å². The van der Waals surface area contributed by atoms with Crippen LogP contribution in [0.5, 0.6) is 0 Å². The second kappa shape index (κ2) is 7.49. The molecule has 0 aromatic heterocycles. The van der Waals surface area contributed by atoms with Crippen molar-refractivity contribution in [1.29, 1.82) is 0 Å². The van der Waals surface area contributed by atoms with Crippen LogP contribution in [0.15, 0.2) is 0 Å². The molecular formula is C8H16N2O4S. The number of carboxylic acids is 1. The van der Waals surface area contributed by atoms with Crippen LogP contribution in [0.25, 0.3) is 0 Å². The summed E-state index contributed by atoms with van der Waals surface area (Å²) in [7, 11) is 1.27. The fourth-order valence-corrected chi connectivity index (χ4v) is 1.74. The first-order chi connectivity index (χ1) is 6.99. The highest BCUT2D eigenvalue weighted by molar-refractivity contribution is 7.99. The fourth-order valence-electron chi connectivity index (χ4n) is 0.763. The molecule has 0 saturated carbocycles. The fraction of sp³-hybridized carbons (Fsp3) is 0.750. The first-order valence-corrected chi connectivity index (χ1v) is 5.54. The van der Waals surface area contributed by atoms with E-state index in [1.165, 1.54) is 18.9 Å². The second-order valence-electron chi connectivity index (χ2n) is 2.94. The van der Waals surface area contributed by atoms with Crippen molar-refractivity contribution in [1.82, 2.24) is 0 Å². The predicted octanol–water partition coefficient (Wildman–Crippen LogP) is -0.978. The molecular weight excluding hydrogens is 220 g/mol. The van der Waals surface area contributed by atoms with E-state index in [1.54, 1.807) is 0 Å². The lowest BCUT2D eigenvalue weighted by Crippen LogP contribution is -2.34. The number of nitrogens with two attached hydrogens (primary N) is 2. The topological polar surface area (TPSA) is 116 Å². The standard InChI is InChI=1S/C8H16N2O4S/c1-14-8(13)6(10)4-15-3-2-5(9)7(11)12/h5-6H,2-4,9-10H2,1H3,(H,11,12)/t5-,6-/m0/s1. The Bertz CT molecular complexity index is 225. The number of hydrogen-bond acceptors (Lipinski definition) is 6. The molecule has 6 nitrogen and oxygen atoms in total. The number of methoxy groups -OCH3 is 1. The second-order valence-corrected chi connectivity index (χ2v) is 4.09. The van der Waals surface area contributed by atoms with Crippen LogP contribution < -0.4 is 11.5 Å². The molecule has 0 aliphatic rings. The molecule has 0 aromatic carbocycles. The molecule has 0 heterocycles. The molecule has 2 atom stereocenters. The van der Waals surface area contributed by atoms with Crippen molar-refractivity contribution < 1.29 is 19.4 Å². The monoisotopic (exact) mass is 236 g/mol. The van der Waals surface area contributed by atoms with Gasteiger partial charge in [0.15, 0.2) is 0 Å². The number of hydrogen-bond donors (Lipinski definition) is 3. The molecule has 0 unspecified atom stereocenters. The van der Waals surface area contributed by atoms with E-state index in [0.29, 0.717) is 17.9 Å². The molecule has 0 bridgehead atoms. The highest BCUT2D eigenvalue weighted by Crippen LogP contribution is 2.06. The summed E-state index contributed by atoms with van der Waals surface area (Å²) in [5.41, 5.74) is 10.7. The first-order valence-electron chi connectivity index (χ1n) is 4.38. The highest BCUT2D eigenvalue weighted by atomic mass is 32.2. The average molecular weight is 236 g/mol. The summed E-state index contributed by atoms with van der Waals surface area (Å²) in [5.74, 6) is -0.533. The van der Waals surface area contributed by atoms with Crippen molar-refractivity contribution in [3.8, 4) is 0 Å². The summed E-state index contributed by atoms with van der Waals surface area (Å²) in [4.78, 5) is 21.2. The minimum atomic E-state index is -1.02. The van der Waals surface area contributed by atoms with Gasteiger partial charge in [-0.15, -0.1) is 0 Å². The zero-order valence-corrected chi connectivity index (χ0v) is 9.33. The summed E-state index contributed by atoms with van der Waals surface area (Å²) in [6.45, 7) is 0. The molecule has 0 fully saturated rings. The third kappa shape index (κ3) is 6.32. The molecule has 0 aliphatic heterocycles. The molecule has 88 valence electrons. The Balaban J connectivity index is 3.54. The van der Waals surface area contributed by atoms with Gasteiger partial charge in [-0.25, -0.2) is 0 Å². The number of aliphatic carboxylic acids is 1. The molecule has 0 aliphatic carbocycles. The average Bonchev–Trinajstić information content (AvgIpc) is 2.22. The Morgan fingerprint density at radius 3 is 2.47 bits per heavy atom. The maximum atomic E-state index is 10.9. The van der Waals surface area contributed by atoms with Crippen molar-refractivity contribution >= 4 is 23.7 Å². The van der Waals surface area contributed by atoms with Crippen LogP contribution in [-0.4, -0.2) is 47.7 Å². The Morgan fingerprint density at radius 1 is 1.40 bits per heavy atom. The maximum absolute atomic E-state index is 10.9. The Hall–Kier alpha value is -0.790. The van der Waals surface area contributed by atoms with Crippen LogP contribution in [0, 0.1) is 0 Å². The zero-order chi connectivity index (χ0) is 11.8.